The summed E-state index contributed by atoms with van der Waals surface area (Å²) in [6, 6.07) is 0.134. The molecule has 2 aromatic carbocycles. The number of benzene rings is 2. The number of aliphatic carboxylic acids is 4. The van der Waals surface area contributed by atoms with Crippen molar-refractivity contribution < 1.29 is 121 Å². The lowest BCUT2D eigenvalue weighted by Gasteiger charge is -2.28. The number of Topliss-reactive ketones (excluding diaryl/α,β-unsaturated/α-hetero) is 3. The van der Waals surface area contributed by atoms with Gasteiger partial charge in [-0.2, -0.15) is 0 Å². The van der Waals surface area contributed by atoms with Crippen LogP contribution >= 0.6 is 0 Å². The molecule has 0 fully saturated rings. The Morgan fingerprint density at radius 3 is 0.967 bits per heavy atom. The molecule has 0 aliphatic carbocycles. The van der Waals surface area contributed by atoms with Gasteiger partial charge in [0.1, 0.15) is 61.5 Å². The smallest absolute Gasteiger partial charge is 0.408 e. The Balaban J connectivity index is 2.34. The predicted molar refractivity (Wildman–Crippen MR) is 304 cm³/mol. The quantitative estimate of drug-likeness (QED) is 0.0371. The molecule has 0 spiro atoms. The third-order valence-corrected chi connectivity index (χ3v) is 12.8. The van der Waals surface area contributed by atoms with E-state index in [1.165, 1.54) is 0 Å². The third-order valence-electron chi connectivity index (χ3n) is 12.8. The fraction of sp³-hybridized carbons (Fsp3) is 0.526. The van der Waals surface area contributed by atoms with Gasteiger partial charge in [0.25, 0.3) is 0 Å². The van der Waals surface area contributed by atoms with E-state index in [1.807, 2.05) is 10.6 Å². The van der Waals surface area contributed by atoms with Crippen molar-refractivity contribution in [3.05, 3.63) is 71.8 Å². The molecule has 0 heterocycles. The first kappa shape index (κ1) is 76.6. The van der Waals surface area contributed by atoms with Crippen molar-refractivity contribution in [2.24, 2.45) is 11.8 Å². The van der Waals surface area contributed by atoms with Crippen molar-refractivity contribution in [3.8, 4) is 0 Å². The molecule has 31 nitrogen and oxygen atoms in total. The third kappa shape index (κ3) is 27.7. The zero-order valence-electron chi connectivity index (χ0n) is 49.8. The number of aliphatic hydroxyl groups is 2. The molecule has 0 saturated carbocycles. The van der Waals surface area contributed by atoms with Crippen LogP contribution in [0.15, 0.2) is 60.7 Å². The summed E-state index contributed by atoms with van der Waals surface area (Å²) in [6.45, 7) is 7.95. The first-order valence-electron chi connectivity index (χ1n) is 28.0. The normalized spacial score (nSPS) is 15.1. The second kappa shape index (κ2) is 38.0. The first-order valence-corrected chi connectivity index (χ1v) is 28.0. The lowest BCUT2D eigenvalue weighted by Crippen LogP contribution is -2.61. The highest BCUT2D eigenvalue weighted by molar-refractivity contribution is 6.19. The van der Waals surface area contributed by atoms with Gasteiger partial charge >= 0.3 is 36.1 Å². The summed E-state index contributed by atoms with van der Waals surface area (Å²) in [5.74, 6) is -23.1. The second-order valence-corrected chi connectivity index (χ2v) is 21.5. The maximum absolute atomic E-state index is 15.9. The number of nitrogens with one attached hydrogen (secondary N) is 8. The molecule has 2 unspecified atom stereocenters. The number of alkyl carbamates (subject to hydrolysis) is 2. The van der Waals surface area contributed by atoms with Crippen LogP contribution in [0.3, 0.4) is 0 Å². The molecule has 2 rings (SSSR count). The predicted octanol–water partition coefficient (Wildman–Crippen LogP) is -0.599. The highest BCUT2D eigenvalue weighted by Gasteiger charge is 2.45. The number of carbonyl (C=O) groups excluding carboxylic acids is 11. The molecule has 496 valence electrons. The number of carboxylic acids is 4. The van der Waals surface area contributed by atoms with Crippen molar-refractivity contribution in [1.29, 1.82) is 0 Å². The van der Waals surface area contributed by atoms with Gasteiger partial charge in [-0.05, 0) is 62.5 Å². The molecule has 0 aliphatic rings. The minimum atomic E-state index is -3.90. The van der Waals surface area contributed by atoms with Crippen LogP contribution in [0.5, 0.6) is 0 Å². The van der Waals surface area contributed by atoms with Crippen molar-refractivity contribution in [2.45, 2.75) is 179 Å². The zero-order valence-corrected chi connectivity index (χ0v) is 49.8. The van der Waals surface area contributed by atoms with Gasteiger partial charge in [-0.25, -0.2) is 18.4 Å². The van der Waals surface area contributed by atoms with Crippen molar-refractivity contribution in [1.82, 2.24) is 42.5 Å². The number of carboxylic acid groups (broad SMARTS) is 4. The number of halogens is 2. The number of carbonyl (C=O) groups is 15. The number of hydrogen-bond donors (Lipinski definition) is 14. The van der Waals surface area contributed by atoms with Crippen LogP contribution in [0.2, 0.25) is 0 Å². The van der Waals surface area contributed by atoms with Gasteiger partial charge in [0.15, 0.2) is 11.6 Å². The average molecular weight is 1280 g/mol. The van der Waals surface area contributed by atoms with Crippen LogP contribution in [0, 0.1) is 11.8 Å². The molecule has 8 amide bonds. The van der Waals surface area contributed by atoms with Gasteiger partial charge in [0.2, 0.25) is 53.6 Å². The molecule has 0 radical (unpaired) electrons. The Hall–Kier alpha value is -9.53. The van der Waals surface area contributed by atoms with Crippen LogP contribution in [0.4, 0.5) is 18.4 Å². The summed E-state index contributed by atoms with van der Waals surface area (Å²) in [6.07, 6.45) is -20.4. The lowest BCUT2D eigenvalue weighted by atomic mass is 9.95. The fourth-order valence-electron chi connectivity index (χ4n) is 8.24. The SMILES string of the molecule is CC(C)C[C@H](NC(=O)OCc1ccccc1)C(=O)N[C@@H](CCC(=O)O)C(=O)N[C@H](C(=O)N[C@@H](CC(=O)O)C(=O)C(F)C(=O)C(F)C(=O)[C@H](CC(=O)O)NC(=O)[C@@H](NC(=O)[C@H](CCC(=O)O)NC(=O)[C@H](CC(C)C)NC(=O)OCc1ccccc1)[C@@H](C)O)[C@@H](C)O. The number of hydrogen-bond acceptors (Lipinski definition) is 19. The molecule has 0 saturated heterocycles. The highest BCUT2D eigenvalue weighted by atomic mass is 19.1. The van der Waals surface area contributed by atoms with Crippen LogP contribution in [0.25, 0.3) is 0 Å². The van der Waals surface area contributed by atoms with Crippen LogP contribution < -0.4 is 42.5 Å². The monoisotopic (exact) mass is 1280 g/mol. The van der Waals surface area contributed by atoms with E-state index in [9.17, 15) is 103 Å². The lowest BCUT2D eigenvalue weighted by molar-refractivity contribution is -0.148. The Morgan fingerprint density at radius 1 is 0.389 bits per heavy atom. The number of alkyl halides is 2. The number of aliphatic hydroxyl groups excluding tert-OH is 2. The molecule has 0 bridgehead atoms. The number of amides is 8. The van der Waals surface area contributed by atoms with Gasteiger partial charge in [-0.15, -0.1) is 0 Å². The largest absolute Gasteiger partial charge is 0.481 e. The number of rotatable bonds is 40. The van der Waals surface area contributed by atoms with Gasteiger partial charge in [0, 0.05) is 12.8 Å². The van der Waals surface area contributed by atoms with Gasteiger partial charge < -0.3 is 82.6 Å². The molecular formula is C57H76F2N8O23. The minimum Gasteiger partial charge on any atom is -0.481 e. The summed E-state index contributed by atoms with van der Waals surface area (Å²) >= 11 is 0. The average Bonchev–Trinajstić information content (AvgIpc) is 1.31. The van der Waals surface area contributed by atoms with E-state index in [-0.39, 0.29) is 37.9 Å². The molecule has 0 aliphatic heterocycles. The summed E-state index contributed by atoms with van der Waals surface area (Å²) in [5.41, 5.74) is 1.17. The molecule has 14 N–H and O–H groups in total. The fourth-order valence-corrected chi connectivity index (χ4v) is 8.24. The molecule has 0 aromatic heterocycles. The van der Waals surface area contributed by atoms with E-state index in [4.69, 9.17) is 9.47 Å². The van der Waals surface area contributed by atoms with E-state index in [2.05, 4.69) is 21.3 Å². The van der Waals surface area contributed by atoms with Crippen LogP contribution in [0.1, 0.15) is 104 Å². The van der Waals surface area contributed by atoms with E-state index >= 15 is 8.78 Å². The van der Waals surface area contributed by atoms with Crippen molar-refractivity contribution in [3.63, 3.8) is 0 Å². The first-order chi connectivity index (χ1) is 42.1. The van der Waals surface area contributed by atoms with E-state index in [1.54, 1.807) is 99.0 Å². The van der Waals surface area contributed by atoms with Crippen molar-refractivity contribution >= 4 is 88.9 Å². The standard InChI is InChI=1S/C57H76F2N8O23/c1-27(2)21-37(64-56(87)89-25-31-13-9-7-10-14-31)52(83)60-33(17-19-39(70)71)50(81)66-45(29(5)68)54(85)62-35(23-41(74)75)47(78)43(58)49(80)44(59)48(79)36(24-42(76)77)63-55(86)46(30(6)69)67-51(82)34(18-20-40(72)73)61-53(84)38(22-28(3)4)65-57(88)90-26-32-15-11-8-12-16-32/h7-16,27-30,33-38,43-46,68-69H,17-26H2,1-6H3,(H,60,83)(H,61,84)(H,62,85)(H,63,86)(H,64,87)(H,65,88)(H,66,81)(H,67,82)(H,70,71)(H,72,73)(H,74,75)(H,76,77)/t29-,30-,33+,34+,35+,36+,37+,38+,43?,44?,45+,46+/m1/s1. The van der Waals surface area contributed by atoms with E-state index in [0.29, 0.717) is 11.1 Å². The Kier molecular flexibility index (Phi) is 32.3. The number of ketones is 3. The second-order valence-electron chi connectivity index (χ2n) is 21.5. The molecule has 33 heteroatoms. The molecular weight excluding hydrogens is 1200 g/mol. The van der Waals surface area contributed by atoms with E-state index in [0.717, 1.165) is 13.8 Å². The van der Waals surface area contributed by atoms with Crippen molar-refractivity contribution in [2.75, 3.05) is 0 Å². The Labute approximate surface area is 513 Å². The Bertz CT molecular complexity index is 2680. The van der Waals surface area contributed by atoms with Crippen LogP contribution in [-0.4, -0.2) is 192 Å². The summed E-state index contributed by atoms with van der Waals surface area (Å²) in [5, 5.41) is 75.7. The molecule has 12 atom stereocenters. The van der Waals surface area contributed by atoms with E-state index < -0.39 is 200 Å². The van der Waals surface area contributed by atoms with Gasteiger partial charge in [-0.3, -0.25) is 62.3 Å². The van der Waals surface area contributed by atoms with Gasteiger partial charge in [0.05, 0.1) is 25.0 Å². The molecule has 90 heavy (non-hydrogen) atoms. The summed E-state index contributed by atoms with van der Waals surface area (Å²) in [4.78, 5) is 194. The van der Waals surface area contributed by atoms with Gasteiger partial charge in [-0.1, -0.05) is 88.4 Å². The Morgan fingerprint density at radius 2 is 0.689 bits per heavy atom. The maximum atomic E-state index is 15.9. The zero-order chi connectivity index (χ0) is 68.1. The maximum Gasteiger partial charge on any atom is 0.408 e. The minimum absolute atomic E-state index is 0.0679. The summed E-state index contributed by atoms with van der Waals surface area (Å²) in [7, 11) is 0. The highest BCUT2D eigenvalue weighted by Crippen LogP contribution is 2.16. The molecule has 2 aromatic rings. The van der Waals surface area contributed by atoms with Crippen LogP contribution in [-0.2, 0) is 85.0 Å². The number of ether oxygens (including phenoxy) is 2. The topological polar surface area (TPSA) is 492 Å². The summed E-state index contributed by atoms with van der Waals surface area (Å²) < 4.78 is 42.2.